The van der Waals surface area contributed by atoms with Crippen LogP contribution in [0.2, 0.25) is 0 Å². The largest absolute Gasteiger partial charge is 0.389 e. The van der Waals surface area contributed by atoms with E-state index in [4.69, 9.17) is 4.74 Å². The molecule has 0 aliphatic carbocycles. The zero-order valence-corrected chi connectivity index (χ0v) is 13.3. The highest BCUT2D eigenvalue weighted by Crippen LogP contribution is 2.06. The smallest absolute Gasteiger partial charge is 0.0900 e. The van der Waals surface area contributed by atoms with Gasteiger partial charge in [0, 0.05) is 32.7 Å². The highest BCUT2D eigenvalue weighted by atomic mass is 16.5. The summed E-state index contributed by atoms with van der Waals surface area (Å²) in [4.78, 5) is 4.77. The monoisotopic (exact) mass is 292 g/mol. The van der Waals surface area contributed by atoms with E-state index in [1.165, 1.54) is 5.56 Å². The minimum Gasteiger partial charge on any atom is -0.389 e. The second-order valence-electron chi connectivity index (χ2n) is 5.89. The molecule has 1 heterocycles. The van der Waals surface area contributed by atoms with Crippen molar-refractivity contribution in [2.75, 3.05) is 45.9 Å². The Kier molecular flexibility index (Phi) is 6.64. The van der Waals surface area contributed by atoms with E-state index in [-0.39, 0.29) is 0 Å². The fraction of sp³-hybridized carbons (Fsp3) is 0.647. The van der Waals surface area contributed by atoms with E-state index in [2.05, 4.69) is 47.9 Å². The number of hydrogen-bond acceptors (Lipinski definition) is 4. The number of likely N-dealkylation sites (N-methyl/N-ethyl adjacent to an activating group) is 1. The van der Waals surface area contributed by atoms with Gasteiger partial charge < -0.3 is 14.7 Å². The number of ether oxygens (including phenoxy) is 1. The van der Waals surface area contributed by atoms with Crippen LogP contribution in [0.25, 0.3) is 0 Å². The van der Waals surface area contributed by atoms with Crippen LogP contribution in [0, 0.1) is 6.92 Å². The fourth-order valence-electron chi connectivity index (χ4n) is 2.64. The van der Waals surface area contributed by atoms with E-state index < -0.39 is 6.10 Å². The first kappa shape index (κ1) is 16.4. The topological polar surface area (TPSA) is 35.9 Å². The third-order valence-corrected chi connectivity index (χ3v) is 4.08. The van der Waals surface area contributed by atoms with Crippen LogP contribution in [0.5, 0.6) is 0 Å². The van der Waals surface area contributed by atoms with E-state index in [9.17, 15) is 5.11 Å². The summed E-state index contributed by atoms with van der Waals surface area (Å²) in [6.07, 6.45) is -0.399. The number of hydrogen-bond donors (Lipinski definition) is 1. The van der Waals surface area contributed by atoms with Crippen molar-refractivity contribution in [1.82, 2.24) is 9.80 Å². The van der Waals surface area contributed by atoms with E-state index >= 15 is 0 Å². The number of piperazine rings is 1. The zero-order chi connectivity index (χ0) is 15.1. The second-order valence-corrected chi connectivity index (χ2v) is 5.89. The van der Waals surface area contributed by atoms with Gasteiger partial charge in [0.15, 0.2) is 0 Å². The maximum Gasteiger partial charge on any atom is 0.0900 e. The lowest BCUT2D eigenvalue weighted by atomic mass is 10.2. The molecule has 1 aromatic rings. The molecule has 118 valence electrons. The summed E-state index contributed by atoms with van der Waals surface area (Å²) in [7, 11) is 0. The van der Waals surface area contributed by atoms with Gasteiger partial charge in [0.1, 0.15) is 0 Å². The van der Waals surface area contributed by atoms with Crippen molar-refractivity contribution in [3.8, 4) is 0 Å². The van der Waals surface area contributed by atoms with Crippen LogP contribution in [0.3, 0.4) is 0 Å². The molecule has 0 amide bonds. The van der Waals surface area contributed by atoms with E-state index in [0.717, 1.165) is 38.3 Å². The molecule has 1 unspecified atom stereocenters. The molecule has 1 saturated heterocycles. The second kappa shape index (κ2) is 8.49. The molecule has 0 saturated carbocycles. The molecule has 1 aliphatic rings. The Labute approximate surface area is 128 Å². The lowest BCUT2D eigenvalue weighted by Gasteiger charge is -2.34. The molecule has 1 fully saturated rings. The number of nitrogens with zero attached hydrogens (tertiary/aromatic N) is 2. The molecule has 21 heavy (non-hydrogen) atoms. The molecular formula is C17H28N2O2. The SMILES string of the molecule is CCN1CCN(CC(O)COCc2ccc(C)cc2)CC1. The number of aryl methyl sites for hydroxylation is 1. The normalized spacial score (nSPS) is 18.8. The minimum absolute atomic E-state index is 0.399. The van der Waals surface area contributed by atoms with Gasteiger partial charge in [-0.05, 0) is 19.0 Å². The molecular weight excluding hydrogens is 264 g/mol. The van der Waals surface area contributed by atoms with Crippen molar-refractivity contribution in [2.45, 2.75) is 26.6 Å². The third kappa shape index (κ3) is 5.75. The molecule has 1 aromatic carbocycles. The molecule has 4 nitrogen and oxygen atoms in total. The number of aliphatic hydroxyl groups is 1. The van der Waals surface area contributed by atoms with Gasteiger partial charge in [-0.3, -0.25) is 4.90 Å². The van der Waals surface area contributed by atoms with Crippen LogP contribution in [-0.4, -0.2) is 66.9 Å². The van der Waals surface area contributed by atoms with Crippen LogP contribution in [0.4, 0.5) is 0 Å². The van der Waals surface area contributed by atoms with Gasteiger partial charge in [0.2, 0.25) is 0 Å². The van der Waals surface area contributed by atoms with Crippen LogP contribution >= 0.6 is 0 Å². The quantitative estimate of drug-likeness (QED) is 0.826. The Morgan fingerprint density at radius 3 is 2.33 bits per heavy atom. The Bertz CT molecular complexity index is 400. The van der Waals surface area contributed by atoms with Crippen molar-refractivity contribution < 1.29 is 9.84 Å². The third-order valence-electron chi connectivity index (χ3n) is 4.08. The van der Waals surface area contributed by atoms with Gasteiger partial charge in [0.05, 0.1) is 19.3 Å². The molecule has 2 rings (SSSR count). The van der Waals surface area contributed by atoms with Gasteiger partial charge in [-0.25, -0.2) is 0 Å². The molecule has 1 N–H and O–H groups in total. The molecule has 0 spiro atoms. The van der Waals surface area contributed by atoms with Crippen molar-refractivity contribution in [1.29, 1.82) is 0 Å². The van der Waals surface area contributed by atoms with Crippen LogP contribution in [0.15, 0.2) is 24.3 Å². The average molecular weight is 292 g/mol. The lowest BCUT2D eigenvalue weighted by Crippen LogP contribution is -2.48. The molecule has 0 aromatic heterocycles. The van der Waals surface area contributed by atoms with Crippen LogP contribution in [0.1, 0.15) is 18.1 Å². The summed E-state index contributed by atoms with van der Waals surface area (Å²) in [5.41, 5.74) is 2.41. The molecule has 0 bridgehead atoms. The first-order valence-corrected chi connectivity index (χ1v) is 7.93. The first-order valence-electron chi connectivity index (χ1n) is 7.93. The Hall–Kier alpha value is -0.940. The number of benzene rings is 1. The molecule has 0 radical (unpaired) electrons. The zero-order valence-electron chi connectivity index (χ0n) is 13.3. The van der Waals surface area contributed by atoms with E-state index in [1.54, 1.807) is 0 Å². The Morgan fingerprint density at radius 1 is 1.10 bits per heavy atom. The van der Waals surface area contributed by atoms with Crippen molar-refractivity contribution in [3.63, 3.8) is 0 Å². The molecule has 1 aliphatic heterocycles. The van der Waals surface area contributed by atoms with Crippen LogP contribution < -0.4 is 0 Å². The Balaban J connectivity index is 1.61. The predicted molar refractivity (Wildman–Crippen MR) is 85.4 cm³/mol. The summed E-state index contributed by atoms with van der Waals surface area (Å²) in [6.45, 7) is 11.4. The molecule has 1 atom stereocenters. The van der Waals surface area contributed by atoms with Gasteiger partial charge in [-0.2, -0.15) is 0 Å². The van der Waals surface area contributed by atoms with Gasteiger partial charge >= 0.3 is 0 Å². The lowest BCUT2D eigenvalue weighted by molar-refractivity contribution is 0.00177. The van der Waals surface area contributed by atoms with Crippen molar-refractivity contribution >= 4 is 0 Å². The molecule has 4 heteroatoms. The fourth-order valence-corrected chi connectivity index (χ4v) is 2.64. The number of β-amino-alcohol motifs (C(OH)–C–C–N with tert-alkyl or cyclic N) is 1. The van der Waals surface area contributed by atoms with Crippen molar-refractivity contribution in [3.05, 3.63) is 35.4 Å². The summed E-state index contributed by atoms with van der Waals surface area (Å²) in [5.74, 6) is 0. The maximum atomic E-state index is 10.1. The van der Waals surface area contributed by atoms with E-state index in [0.29, 0.717) is 19.8 Å². The summed E-state index contributed by atoms with van der Waals surface area (Å²) < 4.78 is 5.62. The predicted octanol–water partition coefficient (Wildman–Crippen LogP) is 1.51. The van der Waals surface area contributed by atoms with Gasteiger partial charge in [0.25, 0.3) is 0 Å². The number of rotatable bonds is 7. The Morgan fingerprint density at radius 2 is 1.71 bits per heavy atom. The van der Waals surface area contributed by atoms with E-state index in [1.807, 2.05) is 0 Å². The number of aliphatic hydroxyl groups excluding tert-OH is 1. The summed E-state index contributed by atoms with van der Waals surface area (Å²) in [5, 5.41) is 10.1. The standard InChI is InChI=1S/C17H28N2O2/c1-3-18-8-10-19(11-9-18)12-17(20)14-21-13-16-6-4-15(2)5-7-16/h4-7,17,20H,3,8-14H2,1-2H3. The summed E-state index contributed by atoms with van der Waals surface area (Å²) in [6, 6.07) is 8.32. The van der Waals surface area contributed by atoms with Gasteiger partial charge in [-0.1, -0.05) is 36.8 Å². The van der Waals surface area contributed by atoms with Crippen molar-refractivity contribution in [2.24, 2.45) is 0 Å². The maximum absolute atomic E-state index is 10.1. The summed E-state index contributed by atoms with van der Waals surface area (Å²) >= 11 is 0. The average Bonchev–Trinajstić information content (AvgIpc) is 2.50. The first-order chi connectivity index (χ1) is 10.2. The minimum atomic E-state index is -0.399. The van der Waals surface area contributed by atoms with Gasteiger partial charge in [-0.15, -0.1) is 0 Å². The highest BCUT2D eigenvalue weighted by molar-refractivity contribution is 5.20. The van der Waals surface area contributed by atoms with Crippen LogP contribution in [-0.2, 0) is 11.3 Å². The highest BCUT2D eigenvalue weighted by Gasteiger charge is 2.18.